The van der Waals surface area contributed by atoms with Crippen molar-refractivity contribution in [2.45, 2.75) is 19.4 Å². The molecule has 1 aromatic carbocycles. The van der Waals surface area contributed by atoms with E-state index in [1.165, 1.54) is 30.5 Å². The number of hydrogen-bond donors (Lipinski definition) is 1. The lowest BCUT2D eigenvalue weighted by Crippen LogP contribution is -2.50. The molecule has 0 spiro atoms. The van der Waals surface area contributed by atoms with Crippen molar-refractivity contribution < 1.29 is 22.7 Å². The number of morpholine rings is 1. The Labute approximate surface area is 233 Å². The van der Waals surface area contributed by atoms with Gasteiger partial charge in [-0.2, -0.15) is 0 Å². The molecule has 0 bridgehead atoms. The van der Waals surface area contributed by atoms with Crippen LogP contribution in [0.3, 0.4) is 0 Å². The molecule has 2 aromatic heterocycles. The largest absolute Gasteiger partial charge is 0.378 e. The molecule has 2 aliphatic rings. The number of carbonyl (C=O) groups is 1. The standard InChI is InChI=1S/C27H31F3N6O3S/c1-16-14-36(5-4-33(16)2)22-12-20(28)18(23-13-31-27(40-23)35-6-8-39-9-7-35)10-21(22)32-26(38)19-15-34(3)24(37)11-17(19)25(29)30/h10-13,15-16,25H,4-9,14H2,1-3H3,(H,32,38)/t16-/m0/s1. The first-order valence-electron chi connectivity index (χ1n) is 13.0. The van der Waals surface area contributed by atoms with Crippen molar-refractivity contribution in [3.63, 3.8) is 0 Å². The van der Waals surface area contributed by atoms with Crippen molar-refractivity contribution >= 4 is 33.8 Å². The Morgan fingerprint density at radius 3 is 2.58 bits per heavy atom. The number of benzene rings is 1. The van der Waals surface area contributed by atoms with Gasteiger partial charge in [0, 0.05) is 75.4 Å². The summed E-state index contributed by atoms with van der Waals surface area (Å²) in [5.41, 5.74) is -0.648. The van der Waals surface area contributed by atoms with E-state index in [9.17, 15) is 18.4 Å². The van der Waals surface area contributed by atoms with E-state index in [0.717, 1.165) is 28.5 Å². The molecule has 4 heterocycles. The van der Waals surface area contributed by atoms with E-state index in [1.807, 2.05) is 11.9 Å². The predicted octanol–water partition coefficient (Wildman–Crippen LogP) is 3.81. The van der Waals surface area contributed by atoms with Gasteiger partial charge in [-0.1, -0.05) is 11.3 Å². The maximum absolute atomic E-state index is 15.7. The molecule has 1 atom stereocenters. The second-order valence-corrected chi connectivity index (χ2v) is 11.1. The zero-order chi connectivity index (χ0) is 28.6. The molecule has 214 valence electrons. The molecule has 5 rings (SSSR count). The molecule has 2 aliphatic heterocycles. The van der Waals surface area contributed by atoms with Gasteiger partial charge in [0.15, 0.2) is 5.13 Å². The highest BCUT2D eigenvalue weighted by atomic mass is 32.1. The summed E-state index contributed by atoms with van der Waals surface area (Å²) in [6, 6.07) is 3.85. The summed E-state index contributed by atoms with van der Waals surface area (Å²) in [4.78, 5) is 36.7. The first-order chi connectivity index (χ1) is 19.1. The third kappa shape index (κ3) is 5.72. The van der Waals surface area contributed by atoms with Crippen LogP contribution in [-0.2, 0) is 11.8 Å². The van der Waals surface area contributed by atoms with E-state index in [4.69, 9.17) is 4.74 Å². The van der Waals surface area contributed by atoms with E-state index in [1.54, 1.807) is 6.20 Å². The fourth-order valence-electron chi connectivity index (χ4n) is 4.88. The average Bonchev–Trinajstić information content (AvgIpc) is 3.43. The number of halogens is 3. The van der Waals surface area contributed by atoms with Crippen molar-refractivity contribution in [2.24, 2.45) is 7.05 Å². The molecule has 13 heteroatoms. The van der Waals surface area contributed by atoms with Crippen molar-refractivity contribution in [2.75, 3.05) is 68.1 Å². The van der Waals surface area contributed by atoms with Crippen LogP contribution < -0.4 is 20.7 Å². The summed E-state index contributed by atoms with van der Waals surface area (Å²) in [7, 11) is 3.40. The van der Waals surface area contributed by atoms with E-state index in [2.05, 4.69) is 27.0 Å². The smallest absolute Gasteiger partial charge is 0.264 e. The molecule has 0 unspecified atom stereocenters. The second kappa shape index (κ2) is 11.6. The van der Waals surface area contributed by atoms with Crippen LogP contribution in [0.1, 0.15) is 29.3 Å². The average molecular weight is 577 g/mol. The topological polar surface area (TPSA) is 82.9 Å². The van der Waals surface area contributed by atoms with Crippen LogP contribution in [0.5, 0.6) is 0 Å². The minimum atomic E-state index is -3.02. The predicted molar refractivity (Wildman–Crippen MR) is 149 cm³/mol. The van der Waals surface area contributed by atoms with Crippen molar-refractivity contribution in [1.29, 1.82) is 0 Å². The number of carbonyl (C=O) groups excluding carboxylic acids is 1. The van der Waals surface area contributed by atoms with E-state index >= 15 is 4.39 Å². The van der Waals surface area contributed by atoms with Crippen LogP contribution in [-0.4, -0.2) is 79.4 Å². The number of aromatic nitrogens is 2. The third-order valence-corrected chi connectivity index (χ3v) is 8.51. The number of hydrogen-bond acceptors (Lipinski definition) is 8. The van der Waals surface area contributed by atoms with E-state index in [-0.39, 0.29) is 22.9 Å². The monoisotopic (exact) mass is 576 g/mol. The lowest BCUT2D eigenvalue weighted by molar-refractivity contribution is 0.101. The second-order valence-electron chi connectivity index (χ2n) is 10.1. The van der Waals surface area contributed by atoms with Crippen molar-refractivity contribution in [3.8, 4) is 10.4 Å². The number of anilines is 3. The lowest BCUT2D eigenvalue weighted by atomic mass is 10.1. The summed E-state index contributed by atoms with van der Waals surface area (Å²) in [5, 5.41) is 3.49. The zero-order valence-corrected chi connectivity index (χ0v) is 23.3. The molecule has 2 saturated heterocycles. The highest BCUT2D eigenvalue weighted by Crippen LogP contribution is 2.39. The summed E-state index contributed by atoms with van der Waals surface area (Å²) < 4.78 is 49.7. The Morgan fingerprint density at radius 2 is 1.88 bits per heavy atom. The number of thiazole rings is 1. The molecule has 0 aliphatic carbocycles. The van der Waals surface area contributed by atoms with Gasteiger partial charge in [0.2, 0.25) is 0 Å². The summed E-state index contributed by atoms with van der Waals surface area (Å²) in [6.07, 6.45) is -0.329. The maximum Gasteiger partial charge on any atom is 0.264 e. The quantitative estimate of drug-likeness (QED) is 0.478. The minimum absolute atomic E-state index is 0.173. The van der Waals surface area contributed by atoms with Gasteiger partial charge in [-0.15, -0.1) is 0 Å². The normalized spacial score (nSPS) is 18.4. The number of pyridine rings is 1. The number of rotatable bonds is 6. The van der Waals surface area contributed by atoms with Gasteiger partial charge >= 0.3 is 0 Å². The molecule has 3 aromatic rings. The van der Waals surface area contributed by atoms with Crippen LogP contribution >= 0.6 is 11.3 Å². The molecule has 0 radical (unpaired) electrons. The van der Waals surface area contributed by atoms with E-state index in [0.29, 0.717) is 50.0 Å². The molecular formula is C27H31F3N6O3S. The number of aryl methyl sites for hydroxylation is 1. The van der Waals surface area contributed by atoms with Gasteiger partial charge in [-0.3, -0.25) is 9.59 Å². The van der Waals surface area contributed by atoms with Gasteiger partial charge in [-0.05, 0) is 26.1 Å². The highest BCUT2D eigenvalue weighted by Gasteiger charge is 2.27. The van der Waals surface area contributed by atoms with Gasteiger partial charge in [0.25, 0.3) is 17.9 Å². The van der Waals surface area contributed by atoms with Crippen LogP contribution in [0.2, 0.25) is 0 Å². The lowest BCUT2D eigenvalue weighted by Gasteiger charge is -2.39. The maximum atomic E-state index is 15.7. The van der Waals surface area contributed by atoms with Crippen molar-refractivity contribution in [1.82, 2.24) is 14.5 Å². The number of piperazine rings is 1. The molecule has 1 N–H and O–H groups in total. The van der Waals surface area contributed by atoms with Gasteiger partial charge in [0.05, 0.1) is 35.0 Å². The number of nitrogens with one attached hydrogen (secondary N) is 1. The van der Waals surface area contributed by atoms with Crippen LogP contribution in [0.15, 0.2) is 35.4 Å². The number of likely N-dealkylation sites (N-methyl/N-ethyl adjacent to an activating group) is 1. The number of ether oxygens (including phenoxy) is 1. The molecule has 1 amide bonds. The van der Waals surface area contributed by atoms with Gasteiger partial charge in [0.1, 0.15) is 5.82 Å². The Morgan fingerprint density at radius 1 is 1.12 bits per heavy atom. The Kier molecular flexibility index (Phi) is 8.15. The molecular weight excluding hydrogens is 545 g/mol. The number of amides is 1. The molecule has 40 heavy (non-hydrogen) atoms. The van der Waals surface area contributed by atoms with Gasteiger partial charge < -0.3 is 29.3 Å². The molecule has 0 saturated carbocycles. The van der Waals surface area contributed by atoms with Crippen LogP contribution in [0.25, 0.3) is 10.4 Å². The first-order valence-corrected chi connectivity index (χ1v) is 13.8. The summed E-state index contributed by atoms with van der Waals surface area (Å²) >= 11 is 1.33. The minimum Gasteiger partial charge on any atom is -0.378 e. The summed E-state index contributed by atoms with van der Waals surface area (Å²) in [5.74, 6) is -1.29. The number of nitrogens with zero attached hydrogens (tertiary/aromatic N) is 5. The van der Waals surface area contributed by atoms with Crippen molar-refractivity contribution in [3.05, 3.63) is 57.9 Å². The Balaban J connectivity index is 1.54. The highest BCUT2D eigenvalue weighted by molar-refractivity contribution is 7.18. The molecule has 9 nitrogen and oxygen atoms in total. The summed E-state index contributed by atoms with van der Waals surface area (Å²) in [6.45, 7) is 6.50. The fourth-order valence-corrected chi connectivity index (χ4v) is 5.86. The third-order valence-electron chi connectivity index (χ3n) is 7.41. The van der Waals surface area contributed by atoms with Crippen LogP contribution in [0, 0.1) is 5.82 Å². The van der Waals surface area contributed by atoms with Crippen LogP contribution in [0.4, 0.5) is 29.7 Å². The number of alkyl halides is 2. The zero-order valence-electron chi connectivity index (χ0n) is 22.5. The Hall–Kier alpha value is -3.42. The first kappa shape index (κ1) is 28.1. The van der Waals surface area contributed by atoms with Gasteiger partial charge in [-0.25, -0.2) is 18.2 Å². The Bertz CT molecular complexity index is 1460. The fraction of sp³-hybridized carbons (Fsp3) is 0.444. The van der Waals surface area contributed by atoms with E-state index < -0.39 is 29.3 Å². The molecule has 2 fully saturated rings. The SMILES string of the molecule is C[C@H]1CN(c2cc(F)c(-c3cnc(N4CCOCC4)s3)cc2NC(=O)c2cn(C)c(=O)cc2C(F)F)CCN1C.